The predicted molar refractivity (Wildman–Crippen MR) is 134 cm³/mol. The lowest BCUT2D eigenvalue weighted by atomic mass is 9.99. The van der Waals surface area contributed by atoms with Crippen LogP contribution in [0.2, 0.25) is 0 Å². The molecule has 0 aliphatic carbocycles. The van der Waals surface area contributed by atoms with Gasteiger partial charge in [-0.25, -0.2) is 9.59 Å². The third-order valence-corrected chi connectivity index (χ3v) is 5.91. The smallest absolute Gasteiger partial charge is 0.326 e. The predicted octanol–water partition coefficient (Wildman–Crippen LogP) is 4.32. The van der Waals surface area contributed by atoms with E-state index in [-0.39, 0.29) is 13.0 Å². The highest BCUT2D eigenvalue weighted by Gasteiger charge is 2.26. The molecule has 0 aliphatic rings. The maximum absolute atomic E-state index is 12.7. The molecule has 0 aromatic heterocycles. The number of hydrogen-bond donors (Lipinski definition) is 3. The van der Waals surface area contributed by atoms with E-state index in [1.165, 1.54) is 11.9 Å². The highest BCUT2D eigenvalue weighted by Crippen LogP contribution is 2.20. The highest BCUT2D eigenvalue weighted by atomic mass is 16.4. The minimum Gasteiger partial charge on any atom is -0.481 e. The van der Waals surface area contributed by atoms with Gasteiger partial charge in [0.25, 0.3) is 0 Å². The summed E-state index contributed by atoms with van der Waals surface area (Å²) in [6.07, 6.45) is 1.05. The van der Waals surface area contributed by atoms with Gasteiger partial charge in [-0.05, 0) is 35.1 Å². The Bertz CT molecular complexity index is 1120. The molecule has 0 spiro atoms. The summed E-state index contributed by atoms with van der Waals surface area (Å²) in [6, 6.07) is 25.1. The van der Waals surface area contributed by atoms with Crippen molar-refractivity contribution in [2.24, 2.45) is 5.92 Å². The van der Waals surface area contributed by atoms with Gasteiger partial charge in [0, 0.05) is 20.0 Å². The second kappa shape index (κ2) is 12.4. The normalized spacial score (nSPS) is 12.4. The molecule has 35 heavy (non-hydrogen) atoms. The summed E-state index contributed by atoms with van der Waals surface area (Å²) in [4.78, 5) is 37.5. The van der Waals surface area contributed by atoms with E-state index < -0.39 is 29.9 Å². The molecule has 3 N–H and O–H groups in total. The first-order valence-electron chi connectivity index (χ1n) is 11.5. The van der Waals surface area contributed by atoms with Gasteiger partial charge in [0.05, 0.1) is 5.92 Å². The number of nitrogens with one attached hydrogen (secondary N) is 1. The van der Waals surface area contributed by atoms with Crippen LogP contribution in [-0.2, 0) is 22.4 Å². The number of carbonyl (C=O) groups is 3. The molecular formula is C28H30N2O5. The van der Waals surface area contributed by atoms with Gasteiger partial charge in [0.1, 0.15) is 6.04 Å². The van der Waals surface area contributed by atoms with Crippen LogP contribution in [0.1, 0.15) is 17.5 Å². The van der Waals surface area contributed by atoms with Crippen molar-refractivity contribution in [1.82, 2.24) is 10.2 Å². The van der Waals surface area contributed by atoms with Crippen molar-refractivity contribution in [3.63, 3.8) is 0 Å². The maximum atomic E-state index is 12.7. The second-order valence-corrected chi connectivity index (χ2v) is 8.55. The Morgan fingerprint density at radius 2 is 1.34 bits per heavy atom. The Morgan fingerprint density at radius 3 is 1.91 bits per heavy atom. The average Bonchev–Trinajstić information content (AvgIpc) is 2.87. The monoisotopic (exact) mass is 474 g/mol. The number of rotatable bonds is 11. The summed E-state index contributed by atoms with van der Waals surface area (Å²) in [5.41, 5.74) is 3.87. The zero-order valence-electron chi connectivity index (χ0n) is 19.6. The average molecular weight is 475 g/mol. The minimum atomic E-state index is -1.15. The molecule has 0 heterocycles. The molecule has 3 rings (SSSR count). The van der Waals surface area contributed by atoms with Crippen molar-refractivity contribution < 1.29 is 24.6 Å². The molecule has 7 nitrogen and oxygen atoms in total. The number of nitrogens with zero attached hydrogens (tertiary/aromatic N) is 1. The summed E-state index contributed by atoms with van der Waals surface area (Å²) in [7, 11) is 1.47. The Kier molecular flexibility index (Phi) is 9.01. The van der Waals surface area contributed by atoms with Gasteiger partial charge in [-0.1, -0.05) is 84.9 Å². The van der Waals surface area contributed by atoms with Crippen LogP contribution < -0.4 is 5.32 Å². The molecule has 3 aromatic carbocycles. The Hall–Kier alpha value is -4.13. The lowest BCUT2D eigenvalue weighted by Gasteiger charge is -2.24. The highest BCUT2D eigenvalue weighted by molar-refractivity contribution is 5.83. The summed E-state index contributed by atoms with van der Waals surface area (Å²) in [6.45, 7) is -0.0217. The molecule has 2 amide bonds. The van der Waals surface area contributed by atoms with Crippen LogP contribution in [0, 0.1) is 5.92 Å². The zero-order valence-corrected chi connectivity index (χ0v) is 19.6. The van der Waals surface area contributed by atoms with Crippen LogP contribution >= 0.6 is 0 Å². The van der Waals surface area contributed by atoms with Gasteiger partial charge < -0.3 is 20.4 Å². The first-order chi connectivity index (χ1) is 16.8. The van der Waals surface area contributed by atoms with Gasteiger partial charge in [-0.15, -0.1) is 0 Å². The van der Waals surface area contributed by atoms with Crippen LogP contribution in [0.5, 0.6) is 0 Å². The van der Waals surface area contributed by atoms with Crippen molar-refractivity contribution in [1.29, 1.82) is 0 Å². The molecule has 0 aliphatic heterocycles. The molecule has 0 saturated heterocycles. The SMILES string of the molecule is CN(C[C@H](CCc1ccccc1)C(=O)O)C(=O)N[C@@H](Cc1ccc(-c2ccccc2)cc1)C(=O)O. The maximum Gasteiger partial charge on any atom is 0.326 e. The van der Waals surface area contributed by atoms with Crippen LogP contribution in [0.25, 0.3) is 11.1 Å². The quantitative estimate of drug-likeness (QED) is 0.384. The minimum absolute atomic E-state index is 0.0217. The van der Waals surface area contributed by atoms with Crippen molar-refractivity contribution in [2.75, 3.05) is 13.6 Å². The molecule has 182 valence electrons. The molecule has 7 heteroatoms. The van der Waals surface area contributed by atoms with Crippen LogP contribution in [0.3, 0.4) is 0 Å². The molecular weight excluding hydrogens is 444 g/mol. The molecule has 0 unspecified atom stereocenters. The van der Waals surface area contributed by atoms with Crippen molar-refractivity contribution in [3.8, 4) is 11.1 Å². The van der Waals surface area contributed by atoms with Gasteiger partial charge in [0.15, 0.2) is 0 Å². The first-order valence-corrected chi connectivity index (χ1v) is 11.5. The van der Waals surface area contributed by atoms with E-state index >= 15 is 0 Å². The third kappa shape index (κ3) is 7.71. The first kappa shape index (κ1) is 25.5. The molecule has 2 atom stereocenters. The van der Waals surface area contributed by atoms with Crippen molar-refractivity contribution in [3.05, 3.63) is 96.1 Å². The number of carbonyl (C=O) groups excluding carboxylic acids is 1. The van der Waals surface area contributed by atoms with Crippen molar-refractivity contribution >= 4 is 18.0 Å². The summed E-state index contributed by atoms with van der Waals surface area (Å²) in [5, 5.41) is 21.8. The number of amides is 2. The van der Waals surface area contributed by atoms with Gasteiger partial charge in [-0.3, -0.25) is 4.79 Å². The van der Waals surface area contributed by atoms with E-state index in [0.29, 0.717) is 12.8 Å². The van der Waals surface area contributed by atoms with Crippen LogP contribution in [0.15, 0.2) is 84.9 Å². The number of aliphatic carboxylic acids is 2. The zero-order chi connectivity index (χ0) is 25.2. The molecule has 0 bridgehead atoms. The van der Waals surface area contributed by atoms with E-state index in [2.05, 4.69) is 5.32 Å². The fraction of sp³-hybridized carbons (Fsp3) is 0.250. The standard InChI is InChI=1S/C28H30N2O5/c1-30(19-24(26(31)32)17-12-20-8-4-2-5-9-20)28(35)29-25(27(33)34)18-21-13-15-23(16-14-21)22-10-6-3-7-11-22/h2-11,13-16,24-25H,12,17-19H2,1H3,(H,29,35)(H,31,32)(H,33,34)/t24-,25-/m0/s1. The summed E-state index contributed by atoms with van der Waals surface area (Å²) >= 11 is 0. The van der Waals surface area contributed by atoms with Crippen molar-refractivity contribution in [2.45, 2.75) is 25.3 Å². The summed E-state index contributed by atoms with van der Waals surface area (Å²) in [5.74, 6) is -2.91. The second-order valence-electron chi connectivity index (χ2n) is 8.55. The Morgan fingerprint density at radius 1 is 0.771 bits per heavy atom. The van der Waals surface area contributed by atoms with Gasteiger partial charge in [-0.2, -0.15) is 0 Å². The molecule has 0 radical (unpaired) electrons. The van der Waals surface area contributed by atoms with E-state index in [4.69, 9.17) is 0 Å². The topological polar surface area (TPSA) is 107 Å². The lowest BCUT2D eigenvalue weighted by Crippen LogP contribution is -2.49. The number of benzene rings is 3. The number of urea groups is 1. The Labute approximate surface area is 205 Å². The Balaban J connectivity index is 1.57. The fourth-order valence-electron chi connectivity index (χ4n) is 3.85. The number of aryl methyl sites for hydroxylation is 1. The number of hydrogen-bond acceptors (Lipinski definition) is 3. The number of carboxylic acid groups (broad SMARTS) is 2. The summed E-state index contributed by atoms with van der Waals surface area (Å²) < 4.78 is 0. The lowest BCUT2D eigenvalue weighted by molar-refractivity contribution is -0.142. The van der Waals surface area contributed by atoms with E-state index in [9.17, 15) is 24.6 Å². The third-order valence-electron chi connectivity index (χ3n) is 5.91. The van der Waals surface area contributed by atoms with Crippen LogP contribution in [0.4, 0.5) is 4.79 Å². The van der Waals surface area contributed by atoms with Gasteiger partial charge >= 0.3 is 18.0 Å². The molecule has 3 aromatic rings. The largest absolute Gasteiger partial charge is 0.481 e. The molecule has 0 fully saturated rings. The molecule has 0 saturated carbocycles. The van der Waals surface area contributed by atoms with E-state index in [0.717, 1.165) is 22.3 Å². The van der Waals surface area contributed by atoms with Gasteiger partial charge in [0.2, 0.25) is 0 Å². The van der Waals surface area contributed by atoms with E-state index in [1.807, 2.05) is 84.9 Å². The number of carboxylic acids is 2. The fourth-order valence-corrected chi connectivity index (χ4v) is 3.85. The van der Waals surface area contributed by atoms with E-state index in [1.54, 1.807) is 0 Å². The van der Waals surface area contributed by atoms with Crippen LogP contribution in [-0.4, -0.2) is 52.7 Å².